The summed E-state index contributed by atoms with van der Waals surface area (Å²) in [5.74, 6) is -0.321. The molecule has 0 heterocycles. The molecule has 0 unspecified atom stereocenters. The van der Waals surface area contributed by atoms with E-state index < -0.39 is 16.1 Å². The van der Waals surface area contributed by atoms with E-state index in [0.29, 0.717) is 12.1 Å². The molecule has 2 aromatic rings. The number of carbonyl (C=O) groups is 1. The molecule has 0 aliphatic rings. The highest BCUT2D eigenvalue weighted by molar-refractivity contribution is 7.92. The summed E-state index contributed by atoms with van der Waals surface area (Å²) in [5.41, 5.74) is 4.83. The van der Waals surface area contributed by atoms with Gasteiger partial charge in [-0.1, -0.05) is 48.4 Å². The standard InChI is InChI=1S/C22H30N2O3S/c1-7-21(20-13-10-16(3)14-17(20)4)23-22(25)18(5)24(28(6,26)27)19-11-8-15(2)9-12-19/h8-14,18,21H,7H2,1-6H3,(H,23,25)/t18-,21-/m1/s1. The first-order chi connectivity index (χ1) is 13.0. The quantitative estimate of drug-likeness (QED) is 0.760. The zero-order valence-corrected chi connectivity index (χ0v) is 18.3. The van der Waals surface area contributed by atoms with Crippen LogP contribution in [0.25, 0.3) is 0 Å². The maximum Gasteiger partial charge on any atom is 0.244 e. The fourth-order valence-corrected chi connectivity index (χ4v) is 4.58. The molecule has 152 valence electrons. The Morgan fingerprint density at radius 1 is 1.04 bits per heavy atom. The van der Waals surface area contributed by atoms with Gasteiger partial charge in [0.05, 0.1) is 18.0 Å². The van der Waals surface area contributed by atoms with Gasteiger partial charge in [-0.05, 0) is 57.4 Å². The molecule has 0 fully saturated rings. The van der Waals surface area contributed by atoms with E-state index in [0.717, 1.165) is 22.9 Å². The number of amides is 1. The maximum absolute atomic E-state index is 13.0. The van der Waals surface area contributed by atoms with E-state index in [1.165, 1.54) is 9.87 Å². The number of nitrogens with one attached hydrogen (secondary N) is 1. The average molecular weight is 403 g/mol. The van der Waals surface area contributed by atoms with E-state index in [9.17, 15) is 13.2 Å². The molecule has 5 nitrogen and oxygen atoms in total. The number of hydrogen-bond donors (Lipinski definition) is 1. The van der Waals surface area contributed by atoms with Crippen LogP contribution in [0.15, 0.2) is 42.5 Å². The molecule has 1 N–H and O–H groups in total. The lowest BCUT2D eigenvalue weighted by Gasteiger charge is -2.30. The molecule has 0 bridgehead atoms. The number of sulfonamides is 1. The van der Waals surface area contributed by atoms with Crippen LogP contribution in [0.2, 0.25) is 0 Å². The van der Waals surface area contributed by atoms with Crippen molar-refractivity contribution < 1.29 is 13.2 Å². The Labute approximate surface area is 168 Å². The predicted molar refractivity (Wildman–Crippen MR) is 115 cm³/mol. The first-order valence-corrected chi connectivity index (χ1v) is 11.3. The van der Waals surface area contributed by atoms with Gasteiger partial charge in [0, 0.05) is 0 Å². The molecular formula is C22H30N2O3S. The number of rotatable bonds is 7. The molecule has 1 amide bonds. The summed E-state index contributed by atoms with van der Waals surface area (Å²) < 4.78 is 26.0. The third-order valence-electron chi connectivity index (χ3n) is 4.90. The number of hydrogen-bond acceptors (Lipinski definition) is 3. The van der Waals surface area contributed by atoms with E-state index in [-0.39, 0.29) is 11.9 Å². The van der Waals surface area contributed by atoms with Gasteiger partial charge in [0.1, 0.15) is 6.04 Å². The molecule has 2 atom stereocenters. The Balaban J connectivity index is 2.30. The maximum atomic E-state index is 13.0. The van der Waals surface area contributed by atoms with Gasteiger partial charge in [-0.15, -0.1) is 0 Å². The van der Waals surface area contributed by atoms with Gasteiger partial charge in [-0.25, -0.2) is 8.42 Å². The smallest absolute Gasteiger partial charge is 0.244 e. The number of benzene rings is 2. The lowest BCUT2D eigenvalue weighted by molar-refractivity contribution is -0.122. The van der Waals surface area contributed by atoms with Crippen LogP contribution in [0.4, 0.5) is 5.69 Å². The van der Waals surface area contributed by atoms with Crippen molar-refractivity contribution in [2.45, 2.75) is 53.1 Å². The van der Waals surface area contributed by atoms with Gasteiger partial charge < -0.3 is 5.32 Å². The van der Waals surface area contributed by atoms with E-state index >= 15 is 0 Å². The van der Waals surface area contributed by atoms with Crippen molar-refractivity contribution in [3.8, 4) is 0 Å². The molecule has 0 saturated heterocycles. The van der Waals surface area contributed by atoms with E-state index in [2.05, 4.69) is 11.4 Å². The lowest BCUT2D eigenvalue weighted by atomic mass is 9.97. The highest BCUT2D eigenvalue weighted by Crippen LogP contribution is 2.24. The number of anilines is 1. The fraction of sp³-hybridized carbons (Fsp3) is 0.409. The number of nitrogens with zero attached hydrogens (tertiary/aromatic N) is 1. The summed E-state index contributed by atoms with van der Waals surface area (Å²) in [6, 6.07) is 12.2. The molecule has 2 aromatic carbocycles. The average Bonchev–Trinajstić information content (AvgIpc) is 2.60. The molecule has 0 aliphatic heterocycles. The second kappa shape index (κ2) is 8.78. The molecular weight excluding hydrogens is 372 g/mol. The van der Waals surface area contributed by atoms with Crippen LogP contribution in [0.3, 0.4) is 0 Å². The molecule has 2 rings (SSSR count). The van der Waals surface area contributed by atoms with E-state index in [1.54, 1.807) is 19.1 Å². The second-order valence-corrected chi connectivity index (χ2v) is 9.26. The van der Waals surface area contributed by atoms with Crippen molar-refractivity contribution in [3.05, 3.63) is 64.7 Å². The third-order valence-corrected chi connectivity index (χ3v) is 6.14. The minimum Gasteiger partial charge on any atom is -0.347 e. The summed E-state index contributed by atoms with van der Waals surface area (Å²) in [6.07, 6.45) is 1.84. The predicted octanol–water partition coefficient (Wildman–Crippen LogP) is 4.03. The zero-order chi connectivity index (χ0) is 21.1. The van der Waals surface area contributed by atoms with Crippen LogP contribution in [-0.4, -0.2) is 26.6 Å². The summed E-state index contributed by atoms with van der Waals surface area (Å²) in [6.45, 7) is 9.61. The van der Waals surface area contributed by atoms with Crippen molar-refractivity contribution in [2.75, 3.05) is 10.6 Å². The van der Waals surface area contributed by atoms with Crippen LogP contribution in [0, 0.1) is 20.8 Å². The SMILES string of the molecule is CC[C@@H](NC(=O)[C@@H](C)N(c1ccc(C)cc1)S(C)(=O)=O)c1ccc(C)cc1C. The summed E-state index contributed by atoms with van der Waals surface area (Å²) in [7, 11) is -3.62. The Kier molecular flexibility index (Phi) is 6.88. The van der Waals surface area contributed by atoms with Crippen LogP contribution in [0.1, 0.15) is 48.6 Å². The van der Waals surface area contributed by atoms with E-state index in [1.807, 2.05) is 52.0 Å². The van der Waals surface area contributed by atoms with Crippen molar-refractivity contribution in [1.82, 2.24) is 5.32 Å². The van der Waals surface area contributed by atoms with Crippen LogP contribution < -0.4 is 9.62 Å². The minimum absolute atomic E-state index is 0.171. The normalized spacial score (nSPS) is 13.6. The van der Waals surface area contributed by atoms with Gasteiger partial charge in [-0.2, -0.15) is 0 Å². The van der Waals surface area contributed by atoms with Gasteiger partial charge >= 0.3 is 0 Å². The van der Waals surface area contributed by atoms with Crippen LogP contribution >= 0.6 is 0 Å². The Hall–Kier alpha value is -2.34. The molecule has 28 heavy (non-hydrogen) atoms. The minimum atomic E-state index is -3.62. The molecule has 0 aromatic heterocycles. The van der Waals surface area contributed by atoms with Crippen LogP contribution in [0.5, 0.6) is 0 Å². The highest BCUT2D eigenvalue weighted by atomic mass is 32.2. The first kappa shape index (κ1) is 22.0. The molecule has 0 aliphatic carbocycles. The summed E-state index contributed by atoms with van der Waals surface area (Å²) in [5, 5.41) is 3.03. The van der Waals surface area contributed by atoms with Crippen LogP contribution in [-0.2, 0) is 14.8 Å². The topological polar surface area (TPSA) is 66.5 Å². The number of carbonyl (C=O) groups excluding carboxylic acids is 1. The molecule has 6 heteroatoms. The van der Waals surface area contributed by atoms with Crippen molar-refractivity contribution in [2.24, 2.45) is 0 Å². The largest absolute Gasteiger partial charge is 0.347 e. The van der Waals surface area contributed by atoms with Gasteiger partial charge in [0.15, 0.2) is 0 Å². The molecule has 0 radical (unpaired) electrons. The Morgan fingerprint density at radius 2 is 1.61 bits per heavy atom. The molecule has 0 saturated carbocycles. The van der Waals surface area contributed by atoms with Crippen molar-refractivity contribution in [3.63, 3.8) is 0 Å². The second-order valence-electron chi connectivity index (χ2n) is 7.40. The van der Waals surface area contributed by atoms with Gasteiger partial charge in [0.2, 0.25) is 15.9 Å². The molecule has 0 spiro atoms. The monoisotopic (exact) mass is 402 g/mol. The van der Waals surface area contributed by atoms with Gasteiger partial charge in [0.25, 0.3) is 0 Å². The lowest BCUT2D eigenvalue weighted by Crippen LogP contribution is -2.48. The summed E-state index contributed by atoms with van der Waals surface area (Å²) in [4.78, 5) is 13.0. The first-order valence-electron chi connectivity index (χ1n) is 9.48. The van der Waals surface area contributed by atoms with E-state index in [4.69, 9.17) is 0 Å². The Bertz CT molecular complexity index is 937. The third kappa shape index (κ3) is 5.13. The van der Waals surface area contributed by atoms with Gasteiger partial charge in [-0.3, -0.25) is 9.10 Å². The van der Waals surface area contributed by atoms with Crippen molar-refractivity contribution in [1.29, 1.82) is 0 Å². The zero-order valence-electron chi connectivity index (χ0n) is 17.5. The summed E-state index contributed by atoms with van der Waals surface area (Å²) >= 11 is 0. The Morgan fingerprint density at radius 3 is 2.11 bits per heavy atom. The fourth-order valence-electron chi connectivity index (χ4n) is 3.41. The van der Waals surface area contributed by atoms with Crippen molar-refractivity contribution >= 4 is 21.6 Å². The number of aryl methyl sites for hydroxylation is 3. The highest BCUT2D eigenvalue weighted by Gasteiger charge is 2.30.